The molecule has 0 unspecified atom stereocenters. The third-order valence-corrected chi connectivity index (χ3v) is 8.57. The summed E-state index contributed by atoms with van der Waals surface area (Å²) in [5, 5.41) is 9.86. The van der Waals surface area contributed by atoms with Crippen molar-refractivity contribution < 1.29 is 18.7 Å². The molecule has 0 aliphatic heterocycles. The summed E-state index contributed by atoms with van der Waals surface area (Å²) in [6.45, 7) is 6.48. The van der Waals surface area contributed by atoms with Crippen LogP contribution in [0.5, 0.6) is 5.75 Å². The summed E-state index contributed by atoms with van der Waals surface area (Å²) in [5.74, 6) is -0.920. The molecule has 0 radical (unpaired) electrons. The Labute approximate surface area is 229 Å². The molecule has 2 aromatic heterocycles. The van der Waals surface area contributed by atoms with Crippen molar-refractivity contribution in [3.8, 4) is 11.8 Å². The highest BCUT2D eigenvalue weighted by molar-refractivity contribution is 7.19. The highest BCUT2D eigenvalue weighted by Crippen LogP contribution is 2.35. The van der Waals surface area contributed by atoms with Crippen molar-refractivity contribution in [2.24, 2.45) is 5.73 Å². The molecule has 0 bridgehead atoms. The molecule has 0 saturated heterocycles. The number of amides is 1. The minimum absolute atomic E-state index is 0.102. The topological polar surface area (TPSA) is 129 Å². The van der Waals surface area contributed by atoms with Crippen LogP contribution in [0.15, 0.2) is 27.8 Å². The molecule has 1 aromatic carbocycles. The number of carbonyl (C=O) groups excluding carboxylic acids is 1. The van der Waals surface area contributed by atoms with E-state index in [1.807, 2.05) is 6.92 Å². The Hall–Kier alpha value is -3.49. The van der Waals surface area contributed by atoms with Gasteiger partial charge in [0, 0.05) is 5.56 Å². The predicted octanol–water partition coefficient (Wildman–Crippen LogP) is 4.25. The molecular formula is C28H33FN4O5S. The number of hydrogen-bond acceptors (Lipinski definition) is 7. The maximum absolute atomic E-state index is 14.6. The maximum Gasteiger partial charge on any atom is 0.333 e. The number of thiophene rings is 1. The SMILES string of the molecule is CCOc1ccc(F)cc1[C@H](Cn1c(=O)n(C(C)(C)C(N)=O)c(=O)c2c(C)c(C#N)sc21)OC1CCCCC1. The summed E-state index contributed by atoms with van der Waals surface area (Å²) in [7, 11) is 0. The van der Waals surface area contributed by atoms with E-state index >= 15 is 0 Å². The molecule has 0 spiro atoms. The van der Waals surface area contributed by atoms with Crippen molar-refractivity contribution in [1.29, 1.82) is 5.26 Å². The van der Waals surface area contributed by atoms with Crippen LogP contribution in [0.2, 0.25) is 0 Å². The van der Waals surface area contributed by atoms with Gasteiger partial charge in [-0.2, -0.15) is 5.26 Å². The van der Waals surface area contributed by atoms with Crippen molar-refractivity contribution in [2.45, 2.75) is 84.1 Å². The number of ether oxygens (including phenoxy) is 2. The van der Waals surface area contributed by atoms with E-state index in [1.165, 1.54) is 36.6 Å². The van der Waals surface area contributed by atoms with Gasteiger partial charge in [0.25, 0.3) is 5.56 Å². The number of carbonyl (C=O) groups is 1. The molecule has 1 saturated carbocycles. The predicted molar refractivity (Wildman–Crippen MR) is 147 cm³/mol. The number of hydrogen-bond donors (Lipinski definition) is 1. The third-order valence-electron chi connectivity index (χ3n) is 7.35. The Morgan fingerprint density at radius 1 is 1.28 bits per heavy atom. The first-order chi connectivity index (χ1) is 18.5. The first-order valence-electron chi connectivity index (χ1n) is 13.1. The van der Waals surface area contributed by atoms with Gasteiger partial charge in [0.05, 0.1) is 24.6 Å². The van der Waals surface area contributed by atoms with E-state index in [0.717, 1.165) is 48.0 Å². The largest absolute Gasteiger partial charge is 0.493 e. The number of halogens is 1. The summed E-state index contributed by atoms with van der Waals surface area (Å²) < 4.78 is 29.1. The van der Waals surface area contributed by atoms with Crippen LogP contribution in [-0.4, -0.2) is 27.8 Å². The molecule has 2 heterocycles. The Morgan fingerprint density at radius 3 is 2.59 bits per heavy atom. The van der Waals surface area contributed by atoms with Crippen LogP contribution in [-0.2, 0) is 21.6 Å². The second kappa shape index (κ2) is 11.3. The Balaban J connectivity index is 1.99. The first-order valence-corrected chi connectivity index (χ1v) is 13.9. The molecule has 1 atom stereocenters. The number of aryl methyl sites for hydroxylation is 1. The van der Waals surface area contributed by atoms with Gasteiger partial charge in [0.15, 0.2) is 0 Å². The van der Waals surface area contributed by atoms with Crippen LogP contribution >= 0.6 is 11.3 Å². The lowest BCUT2D eigenvalue weighted by Crippen LogP contribution is -2.54. The summed E-state index contributed by atoms with van der Waals surface area (Å²) in [5.41, 5.74) is 3.34. The van der Waals surface area contributed by atoms with E-state index in [9.17, 15) is 24.0 Å². The molecule has 3 aromatic rings. The van der Waals surface area contributed by atoms with Gasteiger partial charge in [-0.1, -0.05) is 19.3 Å². The second-order valence-corrected chi connectivity index (χ2v) is 11.3. The van der Waals surface area contributed by atoms with Gasteiger partial charge in [-0.05, 0) is 64.3 Å². The van der Waals surface area contributed by atoms with Crippen LogP contribution in [0.25, 0.3) is 10.2 Å². The fraction of sp³-hybridized carbons (Fsp3) is 0.500. The van der Waals surface area contributed by atoms with E-state index in [4.69, 9.17) is 15.2 Å². The lowest BCUT2D eigenvalue weighted by atomic mass is 9.97. The standard InChI is InChI=1S/C28H33FN4O5S/c1-5-37-20-12-11-17(29)13-19(20)21(38-18-9-7-6-8-10-18)15-32-25-23(16(2)22(14-30)39-25)24(34)33(27(32)36)28(3,4)26(31)35/h11-13,18,21H,5-10,15H2,1-4H3,(H2,31,35)/t21-/m0/s1. The first kappa shape index (κ1) is 28.5. The van der Waals surface area contributed by atoms with Crippen molar-refractivity contribution in [1.82, 2.24) is 9.13 Å². The summed E-state index contributed by atoms with van der Waals surface area (Å²) in [6, 6.07) is 6.26. The molecule has 1 fully saturated rings. The number of nitrogens with two attached hydrogens (primary N) is 1. The second-order valence-electron chi connectivity index (χ2n) is 10.3. The lowest BCUT2D eigenvalue weighted by molar-refractivity contribution is -0.125. The number of benzene rings is 1. The van der Waals surface area contributed by atoms with Crippen LogP contribution in [0, 0.1) is 24.1 Å². The lowest BCUT2D eigenvalue weighted by Gasteiger charge is -2.30. The molecular weight excluding hydrogens is 523 g/mol. The summed E-state index contributed by atoms with van der Waals surface area (Å²) in [6.07, 6.45) is 3.82. The summed E-state index contributed by atoms with van der Waals surface area (Å²) in [4.78, 5) is 40.5. The average Bonchev–Trinajstić information content (AvgIpc) is 3.23. The molecule has 1 aliphatic rings. The van der Waals surface area contributed by atoms with Gasteiger partial charge >= 0.3 is 5.69 Å². The average molecular weight is 557 g/mol. The molecule has 1 amide bonds. The monoisotopic (exact) mass is 556 g/mol. The molecule has 4 rings (SSSR count). The van der Waals surface area contributed by atoms with Crippen LogP contribution < -0.4 is 21.7 Å². The number of fused-ring (bicyclic) bond motifs is 1. The minimum Gasteiger partial charge on any atom is -0.493 e. The minimum atomic E-state index is -1.65. The van der Waals surface area contributed by atoms with Gasteiger partial charge in [0.1, 0.15) is 39.0 Å². The zero-order chi connectivity index (χ0) is 28.5. The number of aromatic nitrogens is 2. The molecule has 9 nitrogen and oxygen atoms in total. The molecule has 1 aliphatic carbocycles. The number of rotatable bonds is 9. The maximum atomic E-state index is 14.6. The van der Waals surface area contributed by atoms with E-state index in [1.54, 1.807) is 6.92 Å². The van der Waals surface area contributed by atoms with Crippen molar-refractivity contribution in [3.63, 3.8) is 0 Å². The van der Waals surface area contributed by atoms with Gasteiger partial charge in [-0.3, -0.25) is 14.2 Å². The van der Waals surface area contributed by atoms with Crippen LogP contribution in [0.1, 0.15) is 75.0 Å². The van der Waals surface area contributed by atoms with Crippen molar-refractivity contribution in [2.75, 3.05) is 6.61 Å². The fourth-order valence-corrected chi connectivity index (χ4v) is 6.19. The highest BCUT2D eigenvalue weighted by Gasteiger charge is 2.35. The third kappa shape index (κ3) is 5.36. The van der Waals surface area contributed by atoms with E-state index < -0.39 is 34.6 Å². The summed E-state index contributed by atoms with van der Waals surface area (Å²) >= 11 is 1.02. The van der Waals surface area contributed by atoms with Gasteiger partial charge in [0.2, 0.25) is 5.91 Å². The van der Waals surface area contributed by atoms with Gasteiger partial charge in [-0.25, -0.2) is 13.8 Å². The van der Waals surface area contributed by atoms with E-state index in [-0.39, 0.29) is 27.7 Å². The van der Waals surface area contributed by atoms with E-state index in [0.29, 0.717) is 23.5 Å². The van der Waals surface area contributed by atoms with Gasteiger partial charge in [-0.15, -0.1) is 11.3 Å². The Bertz CT molecular complexity index is 1560. The molecule has 39 heavy (non-hydrogen) atoms. The Morgan fingerprint density at radius 2 is 1.97 bits per heavy atom. The van der Waals surface area contributed by atoms with Crippen LogP contribution in [0.3, 0.4) is 0 Å². The quantitative estimate of drug-likeness (QED) is 0.419. The number of nitriles is 1. The highest BCUT2D eigenvalue weighted by atomic mass is 32.1. The molecule has 208 valence electrons. The fourth-order valence-electron chi connectivity index (χ4n) is 5.09. The van der Waals surface area contributed by atoms with Crippen molar-refractivity contribution in [3.05, 3.63) is 60.9 Å². The normalized spacial score (nSPS) is 15.3. The van der Waals surface area contributed by atoms with Crippen LogP contribution in [0.4, 0.5) is 4.39 Å². The molecule has 11 heteroatoms. The van der Waals surface area contributed by atoms with Crippen molar-refractivity contribution >= 4 is 27.5 Å². The number of primary amides is 1. The Kier molecular flexibility index (Phi) is 8.28. The van der Waals surface area contributed by atoms with E-state index in [2.05, 4.69) is 6.07 Å². The zero-order valence-electron chi connectivity index (χ0n) is 22.6. The number of nitrogens with zero attached hydrogens (tertiary/aromatic N) is 3. The van der Waals surface area contributed by atoms with Gasteiger partial charge < -0.3 is 15.2 Å². The smallest absolute Gasteiger partial charge is 0.333 e. The molecule has 2 N–H and O–H groups in total. The zero-order valence-corrected chi connectivity index (χ0v) is 23.4.